The molecule has 0 radical (unpaired) electrons. The molecule has 4 aromatic rings. The number of anilines is 1. The summed E-state index contributed by atoms with van der Waals surface area (Å²) in [5.74, 6) is -2.89. The number of aromatic hydroxyl groups is 1. The van der Waals surface area contributed by atoms with Crippen LogP contribution in [0, 0.1) is 18.6 Å². The molecule has 0 saturated carbocycles. The van der Waals surface area contributed by atoms with E-state index < -0.39 is 55.4 Å². The fraction of sp³-hybridized carbons (Fsp3) is 0.250. The zero-order valence-corrected chi connectivity index (χ0v) is 24.1. The standard InChI is InChI=1S/C28H26F2N6O6S/c1-5-22(38)34-11-12-35(15(2)14-34)26-17-13-19(30)24(23-18(29)7-6-8-20(23)37)32-27(17)36(28(39)33-26)25-16(3)31-10-9-21(25)43(40,41)42-4/h5-10,13,15,37H,1,11-12,14H2,2-4H3/t15-/m0/s1. The number of rotatable bonds is 6. The third-order valence-electron chi connectivity index (χ3n) is 7.20. The summed E-state index contributed by atoms with van der Waals surface area (Å²) < 4.78 is 62.0. The molecule has 15 heteroatoms. The lowest BCUT2D eigenvalue weighted by molar-refractivity contribution is -0.126. The van der Waals surface area contributed by atoms with Crippen molar-refractivity contribution in [3.05, 3.63) is 77.0 Å². The summed E-state index contributed by atoms with van der Waals surface area (Å²) >= 11 is 0. The van der Waals surface area contributed by atoms with E-state index in [0.717, 1.165) is 35.9 Å². The maximum Gasteiger partial charge on any atom is 0.355 e. The number of amides is 1. The van der Waals surface area contributed by atoms with Gasteiger partial charge in [0.15, 0.2) is 11.5 Å². The van der Waals surface area contributed by atoms with Crippen molar-refractivity contribution in [1.82, 2.24) is 24.4 Å². The van der Waals surface area contributed by atoms with Crippen LogP contribution in [0.1, 0.15) is 12.6 Å². The molecule has 1 aliphatic rings. The molecular formula is C28H26F2N6O6S. The lowest BCUT2D eigenvalue weighted by Gasteiger charge is -2.40. The van der Waals surface area contributed by atoms with Gasteiger partial charge >= 0.3 is 5.69 Å². The summed E-state index contributed by atoms with van der Waals surface area (Å²) in [5.41, 5.74) is -2.64. The number of hydrogen-bond donors (Lipinski definition) is 1. The summed E-state index contributed by atoms with van der Waals surface area (Å²) in [6, 6.07) is 5.10. The van der Waals surface area contributed by atoms with Gasteiger partial charge in [-0.05, 0) is 44.2 Å². The first-order valence-corrected chi connectivity index (χ1v) is 14.4. The van der Waals surface area contributed by atoms with Gasteiger partial charge in [0.2, 0.25) is 5.91 Å². The lowest BCUT2D eigenvalue weighted by Crippen LogP contribution is -2.54. The molecule has 0 unspecified atom stereocenters. The van der Waals surface area contributed by atoms with Gasteiger partial charge in [-0.25, -0.2) is 23.1 Å². The van der Waals surface area contributed by atoms with Gasteiger partial charge in [0.25, 0.3) is 10.1 Å². The maximum atomic E-state index is 15.8. The number of fused-ring (bicyclic) bond motifs is 1. The molecule has 1 N–H and O–H groups in total. The second-order valence-corrected chi connectivity index (χ2v) is 11.5. The average molecular weight is 613 g/mol. The Labute approximate surface area is 244 Å². The molecule has 0 aliphatic carbocycles. The molecule has 5 rings (SSSR count). The van der Waals surface area contributed by atoms with E-state index >= 15 is 4.39 Å². The highest BCUT2D eigenvalue weighted by molar-refractivity contribution is 7.86. The number of nitrogens with zero attached hydrogens (tertiary/aromatic N) is 6. The number of piperazine rings is 1. The molecule has 12 nitrogen and oxygen atoms in total. The van der Waals surface area contributed by atoms with Crippen molar-refractivity contribution in [3.8, 4) is 22.7 Å². The third-order valence-corrected chi connectivity index (χ3v) is 8.51. The molecule has 1 aromatic carbocycles. The summed E-state index contributed by atoms with van der Waals surface area (Å²) in [7, 11) is -3.46. The number of aromatic nitrogens is 4. The minimum absolute atomic E-state index is 0.0165. The SMILES string of the molecule is C=CC(=O)N1CCN(c2nc(=O)n(-c3c(S(=O)(=O)OC)ccnc3C)c3nc(-c4c(O)cccc4F)c(F)cc23)[C@@H](C)C1. The van der Waals surface area contributed by atoms with Crippen LogP contribution in [0.3, 0.4) is 0 Å². The molecule has 224 valence electrons. The summed E-state index contributed by atoms with van der Waals surface area (Å²) in [6.07, 6.45) is 2.40. The number of benzene rings is 1. The Morgan fingerprint density at radius 2 is 1.93 bits per heavy atom. The largest absolute Gasteiger partial charge is 0.507 e. The van der Waals surface area contributed by atoms with E-state index in [9.17, 15) is 27.5 Å². The monoisotopic (exact) mass is 612 g/mol. The Balaban J connectivity index is 1.87. The number of hydrogen-bond acceptors (Lipinski definition) is 10. The maximum absolute atomic E-state index is 15.8. The summed E-state index contributed by atoms with van der Waals surface area (Å²) in [4.78, 5) is 41.5. The number of aryl methyl sites for hydroxylation is 1. The average Bonchev–Trinajstić information content (AvgIpc) is 2.97. The van der Waals surface area contributed by atoms with Gasteiger partial charge in [0, 0.05) is 31.9 Å². The van der Waals surface area contributed by atoms with Crippen LogP contribution in [0.4, 0.5) is 14.6 Å². The molecule has 1 fully saturated rings. The Kier molecular flexibility index (Phi) is 7.70. The van der Waals surface area contributed by atoms with Crippen molar-refractivity contribution < 1.29 is 31.3 Å². The molecule has 3 aromatic heterocycles. The minimum atomic E-state index is -4.41. The van der Waals surface area contributed by atoms with Gasteiger partial charge < -0.3 is 14.9 Å². The van der Waals surface area contributed by atoms with Crippen LogP contribution in [-0.4, -0.2) is 76.6 Å². The van der Waals surface area contributed by atoms with Crippen LogP contribution in [0.2, 0.25) is 0 Å². The second kappa shape index (κ2) is 11.1. The molecule has 1 saturated heterocycles. The van der Waals surface area contributed by atoms with Crippen molar-refractivity contribution in [2.75, 3.05) is 31.6 Å². The second-order valence-electron chi connectivity index (χ2n) is 9.77. The number of halogens is 2. The molecular weight excluding hydrogens is 586 g/mol. The van der Waals surface area contributed by atoms with E-state index in [0.29, 0.717) is 0 Å². The van der Waals surface area contributed by atoms with Crippen LogP contribution in [0.15, 0.2) is 58.9 Å². The van der Waals surface area contributed by atoms with Gasteiger partial charge in [-0.3, -0.25) is 14.0 Å². The highest BCUT2D eigenvalue weighted by Crippen LogP contribution is 2.36. The number of phenols is 1. The molecule has 0 bridgehead atoms. The zero-order valence-electron chi connectivity index (χ0n) is 23.3. The van der Waals surface area contributed by atoms with E-state index in [2.05, 4.69) is 21.5 Å². The molecule has 1 amide bonds. The number of carbonyl (C=O) groups excluding carboxylic acids is 1. The predicted octanol–water partition coefficient (Wildman–Crippen LogP) is 2.69. The summed E-state index contributed by atoms with van der Waals surface area (Å²) in [5, 5.41) is 10.4. The van der Waals surface area contributed by atoms with E-state index in [1.165, 1.54) is 25.3 Å². The van der Waals surface area contributed by atoms with Gasteiger partial charge in [0.05, 0.1) is 29.4 Å². The van der Waals surface area contributed by atoms with E-state index in [4.69, 9.17) is 4.18 Å². The van der Waals surface area contributed by atoms with Crippen molar-refractivity contribution in [2.24, 2.45) is 0 Å². The Bertz CT molecular complexity index is 1950. The molecule has 4 heterocycles. The van der Waals surface area contributed by atoms with Crippen LogP contribution >= 0.6 is 0 Å². The van der Waals surface area contributed by atoms with Crippen LogP contribution < -0.4 is 10.6 Å². The first kappa shape index (κ1) is 29.7. The van der Waals surface area contributed by atoms with Crippen molar-refractivity contribution >= 4 is 32.9 Å². The number of phenolic OH excluding ortho intramolecular Hbond substituents is 1. The van der Waals surface area contributed by atoms with Crippen molar-refractivity contribution in [1.29, 1.82) is 0 Å². The van der Waals surface area contributed by atoms with Crippen LogP contribution in [0.5, 0.6) is 5.75 Å². The quantitative estimate of drug-likeness (QED) is 0.255. The highest BCUT2D eigenvalue weighted by atomic mass is 32.2. The topological polar surface area (TPSA) is 148 Å². The predicted molar refractivity (Wildman–Crippen MR) is 152 cm³/mol. The Morgan fingerprint density at radius 3 is 2.58 bits per heavy atom. The smallest absolute Gasteiger partial charge is 0.355 e. The summed E-state index contributed by atoms with van der Waals surface area (Å²) in [6.45, 7) is 7.43. The fourth-order valence-corrected chi connectivity index (χ4v) is 6.03. The van der Waals surface area contributed by atoms with Gasteiger partial charge in [-0.1, -0.05) is 12.6 Å². The van der Waals surface area contributed by atoms with Crippen molar-refractivity contribution in [2.45, 2.75) is 24.8 Å². The van der Waals surface area contributed by atoms with E-state index in [1.54, 1.807) is 16.7 Å². The van der Waals surface area contributed by atoms with E-state index in [-0.39, 0.29) is 53.8 Å². The van der Waals surface area contributed by atoms with E-state index in [1.807, 2.05) is 0 Å². The lowest BCUT2D eigenvalue weighted by atomic mass is 10.1. The number of carbonyl (C=O) groups is 1. The molecule has 43 heavy (non-hydrogen) atoms. The van der Waals surface area contributed by atoms with Crippen LogP contribution in [-0.2, 0) is 19.1 Å². The molecule has 1 aliphatic heterocycles. The normalized spacial score (nSPS) is 15.6. The first-order chi connectivity index (χ1) is 20.4. The first-order valence-electron chi connectivity index (χ1n) is 12.9. The fourth-order valence-electron chi connectivity index (χ4n) is 5.15. The van der Waals surface area contributed by atoms with Gasteiger partial charge in [-0.15, -0.1) is 0 Å². The van der Waals surface area contributed by atoms with Gasteiger partial charge in [0.1, 0.15) is 28.0 Å². The van der Waals surface area contributed by atoms with Crippen molar-refractivity contribution in [3.63, 3.8) is 0 Å². The highest BCUT2D eigenvalue weighted by Gasteiger charge is 2.32. The van der Waals surface area contributed by atoms with Crippen LogP contribution in [0.25, 0.3) is 28.0 Å². The Hall–Kier alpha value is -4.76. The zero-order chi connectivity index (χ0) is 31.2. The van der Waals surface area contributed by atoms with Gasteiger partial charge in [-0.2, -0.15) is 13.4 Å². The minimum Gasteiger partial charge on any atom is -0.507 e. The molecule has 1 atom stereocenters. The Morgan fingerprint density at radius 1 is 1.19 bits per heavy atom. The third kappa shape index (κ3) is 5.10. The molecule has 0 spiro atoms. The number of pyridine rings is 2.